The van der Waals surface area contributed by atoms with Crippen molar-refractivity contribution in [1.29, 1.82) is 0 Å². The van der Waals surface area contributed by atoms with Gasteiger partial charge < -0.3 is 19.5 Å². The Morgan fingerprint density at radius 1 is 0.926 bits per heavy atom. The van der Waals surface area contributed by atoms with Crippen LogP contribution in [0.25, 0.3) is 0 Å². The molecule has 0 saturated heterocycles. The summed E-state index contributed by atoms with van der Waals surface area (Å²) >= 11 is 0. The number of carbonyl (C=O) groups excluding carboxylic acids is 3. The Morgan fingerprint density at radius 2 is 1.48 bits per heavy atom. The molecule has 1 N–H and O–H groups in total. The first-order valence-electron chi connectivity index (χ1n) is 9.05. The number of nitrogens with one attached hydrogen (secondary N) is 1. The van der Waals surface area contributed by atoms with E-state index in [2.05, 4.69) is 12.2 Å². The minimum atomic E-state index is -0.781. The summed E-state index contributed by atoms with van der Waals surface area (Å²) in [6.45, 7) is 6.82. The molecular formula is C20H29NO6. The topological polar surface area (TPSA) is 90.9 Å². The van der Waals surface area contributed by atoms with E-state index in [-0.39, 0.29) is 19.8 Å². The fourth-order valence-corrected chi connectivity index (χ4v) is 2.34. The van der Waals surface area contributed by atoms with Gasteiger partial charge in [-0.1, -0.05) is 38.1 Å². The predicted molar refractivity (Wildman–Crippen MR) is 100.0 cm³/mol. The SMILES string of the molecule is CCc1cccc(CNC(=O)OCC(CC)(COC(C)=O)COC(C)=O)c1. The molecule has 0 spiro atoms. The van der Waals surface area contributed by atoms with Gasteiger partial charge in [0, 0.05) is 20.4 Å². The van der Waals surface area contributed by atoms with Crippen LogP contribution in [0.3, 0.4) is 0 Å². The summed E-state index contributed by atoms with van der Waals surface area (Å²) in [5, 5.41) is 2.70. The molecule has 7 heteroatoms. The Balaban J connectivity index is 2.61. The third-order valence-electron chi connectivity index (χ3n) is 4.26. The highest BCUT2D eigenvalue weighted by Crippen LogP contribution is 2.24. The lowest BCUT2D eigenvalue weighted by molar-refractivity contribution is -0.153. The van der Waals surface area contributed by atoms with E-state index in [1.807, 2.05) is 31.2 Å². The standard InChI is InChI=1S/C20H29NO6/c1-5-17-8-7-9-18(10-17)11-21-19(24)27-14-20(6-2,12-25-15(3)22)13-26-16(4)23/h7-10H,5-6,11-14H2,1-4H3,(H,21,24). The van der Waals surface area contributed by atoms with Gasteiger partial charge in [-0.3, -0.25) is 9.59 Å². The van der Waals surface area contributed by atoms with E-state index in [0.717, 1.165) is 12.0 Å². The molecule has 1 aromatic rings. The predicted octanol–water partition coefficient (Wildman–Crippen LogP) is 3.00. The van der Waals surface area contributed by atoms with Crippen molar-refractivity contribution in [1.82, 2.24) is 5.32 Å². The number of alkyl carbamates (subject to hydrolysis) is 1. The van der Waals surface area contributed by atoms with Crippen molar-refractivity contribution in [2.45, 2.75) is 47.1 Å². The van der Waals surface area contributed by atoms with E-state index in [1.165, 1.54) is 19.4 Å². The Labute approximate surface area is 160 Å². The van der Waals surface area contributed by atoms with E-state index in [4.69, 9.17) is 14.2 Å². The molecule has 0 aromatic heterocycles. The second-order valence-electron chi connectivity index (χ2n) is 6.52. The normalized spacial score (nSPS) is 10.8. The van der Waals surface area contributed by atoms with Crippen molar-refractivity contribution in [2.75, 3.05) is 19.8 Å². The van der Waals surface area contributed by atoms with Crippen LogP contribution in [0, 0.1) is 5.41 Å². The monoisotopic (exact) mass is 379 g/mol. The third kappa shape index (κ3) is 8.57. The fraction of sp³-hybridized carbons (Fsp3) is 0.550. The second kappa shape index (κ2) is 11.2. The van der Waals surface area contributed by atoms with Crippen molar-refractivity contribution in [3.05, 3.63) is 35.4 Å². The summed E-state index contributed by atoms with van der Waals surface area (Å²) in [4.78, 5) is 34.3. The summed E-state index contributed by atoms with van der Waals surface area (Å²) in [7, 11) is 0. The highest BCUT2D eigenvalue weighted by atomic mass is 16.6. The average Bonchev–Trinajstić information content (AvgIpc) is 2.66. The highest BCUT2D eigenvalue weighted by Gasteiger charge is 2.33. The lowest BCUT2D eigenvalue weighted by atomic mass is 9.88. The Kier molecular flexibility index (Phi) is 9.33. The van der Waals surface area contributed by atoms with Gasteiger partial charge in [0.05, 0.1) is 5.41 Å². The largest absolute Gasteiger partial charge is 0.465 e. The van der Waals surface area contributed by atoms with Gasteiger partial charge in [-0.05, 0) is 24.0 Å². The van der Waals surface area contributed by atoms with Crippen LogP contribution >= 0.6 is 0 Å². The first-order valence-corrected chi connectivity index (χ1v) is 9.05. The van der Waals surface area contributed by atoms with E-state index < -0.39 is 23.4 Å². The maximum Gasteiger partial charge on any atom is 0.407 e. The molecule has 1 amide bonds. The number of hydrogen-bond donors (Lipinski definition) is 1. The van der Waals surface area contributed by atoms with Crippen LogP contribution in [0.4, 0.5) is 4.79 Å². The molecule has 7 nitrogen and oxygen atoms in total. The number of benzene rings is 1. The summed E-state index contributed by atoms with van der Waals surface area (Å²) in [5.74, 6) is -0.896. The first kappa shape index (κ1) is 22.5. The van der Waals surface area contributed by atoms with Gasteiger partial charge in [-0.25, -0.2) is 4.79 Å². The number of ether oxygens (including phenoxy) is 3. The number of esters is 2. The molecular weight excluding hydrogens is 350 g/mol. The van der Waals surface area contributed by atoms with E-state index in [0.29, 0.717) is 13.0 Å². The van der Waals surface area contributed by atoms with Crippen LogP contribution in [-0.4, -0.2) is 37.9 Å². The second-order valence-corrected chi connectivity index (χ2v) is 6.52. The minimum absolute atomic E-state index is 0.00205. The van der Waals surface area contributed by atoms with Crippen LogP contribution < -0.4 is 5.32 Å². The molecule has 0 radical (unpaired) electrons. The molecule has 0 saturated carbocycles. The molecule has 0 bridgehead atoms. The summed E-state index contributed by atoms with van der Waals surface area (Å²) in [5.41, 5.74) is 1.39. The van der Waals surface area contributed by atoms with E-state index >= 15 is 0 Å². The smallest absolute Gasteiger partial charge is 0.407 e. The zero-order valence-corrected chi connectivity index (χ0v) is 16.5. The van der Waals surface area contributed by atoms with Gasteiger partial charge in [0.15, 0.2) is 0 Å². The average molecular weight is 379 g/mol. The molecule has 0 fully saturated rings. The van der Waals surface area contributed by atoms with Gasteiger partial charge in [0.2, 0.25) is 0 Å². The van der Waals surface area contributed by atoms with E-state index in [1.54, 1.807) is 0 Å². The number of carbonyl (C=O) groups is 3. The molecule has 27 heavy (non-hydrogen) atoms. The molecule has 0 atom stereocenters. The van der Waals surface area contributed by atoms with Crippen LogP contribution in [0.5, 0.6) is 0 Å². The molecule has 1 rings (SSSR count). The Morgan fingerprint density at radius 3 is 2.00 bits per heavy atom. The molecule has 0 aliphatic rings. The van der Waals surface area contributed by atoms with Gasteiger partial charge >= 0.3 is 18.0 Å². The van der Waals surface area contributed by atoms with Crippen LogP contribution in [-0.2, 0) is 36.8 Å². The lowest BCUT2D eigenvalue weighted by Crippen LogP contribution is -2.40. The molecule has 0 aliphatic heterocycles. The van der Waals surface area contributed by atoms with Crippen molar-refractivity contribution >= 4 is 18.0 Å². The Bertz CT molecular complexity index is 625. The van der Waals surface area contributed by atoms with Gasteiger partial charge in [0.25, 0.3) is 0 Å². The molecule has 0 aliphatic carbocycles. The zero-order chi connectivity index (χ0) is 20.3. The molecule has 150 valence electrons. The van der Waals surface area contributed by atoms with Crippen LogP contribution in [0.1, 0.15) is 45.2 Å². The van der Waals surface area contributed by atoms with E-state index in [9.17, 15) is 14.4 Å². The lowest BCUT2D eigenvalue weighted by Gasteiger charge is -2.30. The summed E-state index contributed by atoms with van der Waals surface area (Å²) in [6, 6.07) is 7.93. The maximum atomic E-state index is 12.1. The van der Waals surface area contributed by atoms with Crippen molar-refractivity contribution < 1.29 is 28.6 Å². The molecule has 0 heterocycles. The number of rotatable bonds is 10. The fourth-order valence-electron chi connectivity index (χ4n) is 2.34. The molecule has 1 aromatic carbocycles. The van der Waals surface area contributed by atoms with Gasteiger partial charge in [-0.15, -0.1) is 0 Å². The highest BCUT2D eigenvalue weighted by molar-refractivity contribution is 5.67. The van der Waals surface area contributed by atoms with Crippen LogP contribution in [0.15, 0.2) is 24.3 Å². The van der Waals surface area contributed by atoms with Gasteiger partial charge in [0.1, 0.15) is 19.8 Å². The van der Waals surface area contributed by atoms with Crippen molar-refractivity contribution in [2.24, 2.45) is 5.41 Å². The zero-order valence-electron chi connectivity index (χ0n) is 16.5. The third-order valence-corrected chi connectivity index (χ3v) is 4.26. The molecule has 0 unspecified atom stereocenters. The van der Waals surface area contributed by atoms with Crippen molar-refractivity contribution in [3.63, 3.8) is 0 Å². The number of hydrogen-bond acceptors (Lipinski definition) is 6. The Hall–Kier alpha value is -2.57. The van der Waals surface area contributed by atoms with Gasteiger partial charge in [-0.2, -0.15) is 0 Å². The summed E-state index contributed by atoms with van der Waals surface area (Å²) in [6.07, 6.45) is 0.837. The van der Waals surface area contributed by atoms with Crippen molar-refractivity contribution in [3.8, 4) is 0 Å². The minimum Gasteiger partial charge on any atom is -0.465 e. The maximum absolute atomic E-state index is 12.1. The first-order chi connectivity index (χ1) is 12.8. The quantitative estimate of drug-likeness (QED) is 0.496. The summed E-state index contributed by atoms with van der Waals surface area (Å²) < 4.78 is 15.5. The number of aryl methyl sites for hydroxylation is 1. The number of amides is 1. The van der Waals surface area contributed by atoms with Crippen LogP contribution in [0.2, 0.25) is 0 Å².